The quantitative estimate of drug-likeness (QED) is 0.382. The molecular weight excluding hydrogens is 531 g/mol. The first-order valence-corrected chi connectivity index (χ1v) is 13.7. The molecule has 192 valence electrons. The van der Waals surface area contributed by atoms with Gasteiger partial charge in [-0.2, -0.15) is 12.7 Å². The van der Waals surface area contributed by atoms with Crippen LogP contribution in [0.4, 0.5) is 11.4 Å². The van der Waals surface area contributed by atoms with Crippen molar-refractivity contribution in [2.75, 3.05) is 29.8 Å². The zero-order valence-electron chi connectivity index (χ0n) is 20.4. The van der Waals surface area contributed by atoms with E-state index in [4.69, 9.17) is 23.2 Å². The fourth-order valence-electron chi connectivity index (χ4n) is 4.14. The number of hydrogen-bond donors (Lipinski definition) is 1. The molecule has 37 heavy (non-hydrogen) atoms. The van der Waals surface area contributed by atoms with Crippen LogP contribution in [0.2, 0.25) is 10.0 Å². The van der Waals surface area contributed by atoms with E-state index in [0.717, 1.165) is 11.1 Å². The number of carbonyl (C=O) groups is 1. The lowest BCUT2D eigenvalue weighted by atomic mass is 9.97. The average molecular weight is 558 g/mol. The van der Waals surface area contributed by atoms with Crippen LogP contribution < -0.4 is 9.62 Å². The van der Waals surface area contributed by atoms with E-state index in [0.29, 0.717) is 47.2 Å². The molecule has 1 saturated heterocycles. The molecule has 10 heteroatoms. The highest BCUT2D eigenvalue weighted by Crippen LogP contribution is 2.30. The summed E-state index contributed by atoms with van der Waals surface area (Å²) in [6, 6.07) is 17.5. The number of carbonyl (C=O) groups excluding carboxylic acids is 1. The molecule has 0 saturated carbocycles. The van der Waals surface area contributed by atoms with Gasteiger partial charge in [-0.05, 0) is 55.3 Å². The summed E-state index contributed by atoms with van der Waals surface area (Å²) in [7, 11) is -2.09. The Morgan fingerprint density at radius 2 is 1.76 bits per heavy atom. The number of halogens is 2. The summed E-state index contributed by atoms with van der Waals surface area (Å²) in [6.45, 7) is 6.51. The molecule has 7 nitrogen and oxygen atoms in total. The lowest BCUT2D eigenvalue weighted by Gasteiger charge is -2.34. The third kappa shape index (κ3) is 5.57. The molecular formula is C27H26Cl2N4O3S. The Hall–Kier alpha value is -3.17. The predicted molar refractivity (Wildman–Crippen MR) is 151 cm³/mol. The van der Waals surface area contributed by atoms with Crippen LogP contribution in [0.1, 0.15) is 33.5 Å². The normalized spacial score (nSPS) is 15.9. The maximum Gasteiger partial charge on any atom is 0.303 e. The van der Waals surface area contributed by atoms with Crippen molar-refractivity contribution in [2.45, 2.75) is 13.3 Å². The summed E-state index contributed by atoms with van der Waals surface area (Å²) in [5, 5.41) is 3.46. The maximum absolute atomic E-state index is 13.1. The van der Waals surface area contributed by atoms with E-state index in [2.05, 4.69) is 16.9 Å². The van der Waals surface area contributed by atoms with Gasteiger partial charge in [0.05, 0.1) is 27.0 Å². The first-order chi connectivity index (χ1) is 17.6. The second kappa shape index (κ2) is 11.1. The van der Waals surface area contributed by atoms with E-state index in [-0.39, 0.29) is 10.6 Å². The highest BCUT2D eigenvalue weighted by molar-refractivity contribution is 7.90. The van der Waals surface area contributed by atoms with Gasteiger partial charge >= 0.3 is 10.2 Å². The third-order valence-electron chi connectivity index (χ3n) is 6.09. The highest BCUT2D eigenvalue weighted by atomic mass is 35.5. The van der Waals surface area contributed by atoms with Gasteiger partial charge in [-0.3, -0.25) is 14.1 Å². The van der Waals surface area contributed by atoms with Crippen LogP contribution in [0.3, 0.4) is 0 Å². The standard InChI is InChI=1S/C27H26Cl2N4O3S/c1-4-30-26(21-9-6-5-8-18(21)2)23-16-19(10-13-24(23)28)31-27(34)22-12-11-20(17-25(22)29)33-15-7-14-32(3)37(33,35)36/h4-6,8-13,16-17H,1,7,14-15H2,2-3H3,(H,31,34). The molecule has 0 aromatic heterocycles. The molecule has 0 atom stereocenters. The van der Waals surface area contributed by atoms with Crippen LogP contribution in [0, 0.1) is 6.92 Å². The van der Waals surface area contributed by atoms with Crippen LogP contribution in [-0.2, 0) is 10.2 Å². The van der Waals surface area contributed by atoms with Gasteiger partial charge in [0.2, 0.25) is 0 Å². The number of aryl methyl sites for hydroxylation is 1. The number of aliphatic imine (C=N–C) groups is 1. The molecule has 0 bridgehead atoms. The Morgan fingerprint density at radius 3 is 2.46 bits per heavy atom. The minimum absolute atomic E-state index is 0.140. The van der Waals surface area contributed by atoms with Crippen molar-refractivity contribution in [1.29, 1.82) is 0 Å². The van der Waals surface area contributed by atoms with Gasteiger partial charge in [-0.1, -0.05) is 54.0 Å². The zero-order chi connectivity index (χ0) is 26.7. The highest BCUT2D eigenvalue weighted by Gasteiger charge is 2.31. The van der Waals surface area contributed by atoms with E-state index < -0.39 is 16.1 Å². The van der Waals surface area contributed by atoms with Crippen LogP contribution in [-0.4, -0.2) is 44.5 Å². The van der Waals surface area contributed by atoms with Crippen molar-refractivity contribution in [3.05, 3.63) is 106 Å². The van der Waals surface area contributed by atoms with E-state index in [1.807, 2.05) is 31.2 Å². The molecule has 1 aliphatic heterocycles. The van der Waals surface area contributed by atoms with Crippen LogP contribution in [0.15, 0.2) is 78.4 Å². The van der Waals surface area contributed by atoms with E-state index in [9.17, 15) is 13.2 Å². The first kappa shape index (κ1) is 26.9. The second-order valence-electron chi connectivity index (χ2n) is 8.54. The van der Waals surface area contributed by atoms with E-state index >= 15 is 0 Å². The van der Waals surface area contributed by atoms with Crippen molar-refractivity contribution in [2.24, 2.45) is 4.99 Å². The second-order valence-corrected chi connectivity index (χ2v) is 11.3. The van der Waals surface area contributed by atoms with Crippen LogP contribution in [0.25, 0.3) is 0 Å². The van der Waals surface area contributed by atoms with Crippen molar-refractivity contribution >= 4 is 56.4 Å². The van der Waals surface area contributed by atoms with E-state index in [1.54, 1.807) is 24.3 Å². The number of anilines is 2. The fraction of sp³-hybridized carbons (Fsp3) is 0.185. The topological polar surface area (TPSA) is 82.1 Å². The van der Waals surface area contributed by atoms with Gasteiger partial charge in [0.15, 0.2) is 0 Å². The SMILES string of the molecule is C=CN=C(c1ccccc1C)c1cc(NC(=O)c2ccc(N3CCCN(C)S3(=O)=O)cc2Cl)ccc1Cl. The summed E-state index contributed by atoms with van der Waals surface area (Å²) in [6.07, 6.45) is 2.14. The zero-order valence-corrected chi connectivity index (χ0v) is 22.7. The minimum atomic E-state index is -3.62. The molecule has 1 fully saturated rings. The molecule has 0 unspecified atom stereocenters. The number of nitrogens with zero attached hydrogens (tertiary/aromatic N) is 3. The Bertz CT molecular complexity index is 1510. The maximum atomic E-state index is 13.1. The lowest BCUT2D eigenvalue weighted by Crippen LogP contribution is -2.48. The molecule has 1 N–H and O–H groups in total. The van der Waals surface area contributed by atoms with Crippen molar-refractivity contribution in [1.82, 2.24) is 4.31 Å². The summed E-state index contributed by atoms with van der Waals surface area (Å²) >= 11 is 13.0. The van der Waals surface area contributed by atoms with Crippen LogP contribution in [0.5, 0.6) is 0 Å². The summed E-state index contributed by atoms with van der Waals surface area (Å²) < 4.78 is 27.9. The predicted octanol–water partition coefficient (Wildman–Crippen LogP) is 5.92. The van der Waals surface area contributed by atoms with Gasteiger partial charge in [0.1, 0.15) is 0 Å². The number of nitrogens with one attached hydrogen (secondary N) is 1. The van der Waals surface area contributed by atoms with Gasteiger partial charge in [0.25, 0.3) is 5.91 Å². The monoisotopic (exact) mass is 556 g/mol. The smallest absolute Gasteiger partial charge is 0.303 e. The third-order valence-corrected chi connectivity index (χ3v) is 8.65. The van der Waals surface area contributed by atoms with Crippen molar-refractivity contribution < 1.29 is 13.2 Å². The van der Waals surface area contributed by atoms with Crippen molar-refractivity contribution in [3.8, 4) is 0 Å². The molecule has 1 aliphatic rings. The van der Waals surface area contributed by atoms with Crippen molar-refractivity contribution in [3.63, 3.8) is 0 Å². The fourth-order valence-corrected chi connectivity index (χ4v) is 6.04. The van der Waals surface area contributed by atoms with Crippen LogP contribution >= 0.6 is 23.2 Å². The van der Waals surface area contributed by atoms with E-state index in [1.165, 1.54) is 34.0 Å². The van der Waals surface area contributed by atoms with Gasteiger partial charge < -0.3 is 5.32 Å². The molecule has 0 spiro atoms. The minimum Gasteiger partial charge on any atom is -0.322 e. The lowest BCUT2D eigenvalue weighted by molar-refractivity contribution is 0.102. The molecule has 0 radical (unpaired) electrons. The Kier molecular flexibility index (Phi) is 8.04. The Morgan fingerprint density at radius 1 is 1.00 bits per heavy atom. The Labute approximate surface area is 227 Å². The first-order valence-electron chi connectivity index (χ1n) is 11.5. The van der Waals surface area contributed by atoms with Gasteiger partial charge in [0, 0.05) is 43.2 Å². The summed E-state index contributed by atoms with van der Waals surface area (Å²) in [5.41, 5.74) is 4.29. The molecule has 3 aromatic carbocycles. The largest absolute Gasteiger partial charge is 0.322 e. The molecule has 3 aromatic rings. The molecule has 4 rings (SSSR count). The summed E-state index contributed by atoms with van der Waals surface area (Å²) in [5.74, 6) is -0.443. The average Bonchev–Trinajstić information content (AvgIpc) is 2.86. The number of benzene rings is 3. The number of amides is 1. The molecule has 1 heterocycles. The van der Waals surface area contributed by atoms with Gasteiger partial charge in [-0.15, -0.1) is 0 Å². The molecule has 0 aliphatic carbocycles. The Balaban J connectivity index is 1.62. The van der Waals surface area contributed by atoms with Gasteiger partial charge in [-0.25, -0.2) is 0 Å². The number of hydrogen-bond acceptors (Lipinski definition) is 4. The number of rotatable bonds is 6. The summed E-state index contributed by atoms with van der Waals surface area (Å²) in [4.78, 5) is 17.6. The molecule has 1 amide bonds.